The van der Waals surface area contributed by atoms with Crippen molar-refractivity contribution in [1.82, 2.24) is 24.8 Å². The Kier molecular flexibility index (Phi) is 5.68. The summed E-state index contributed by atoms with van der Waals surface area (Å²) in [6.45, 7) is 7.79. The number of carbonyl (C=O) groups excluding carboxylic acids is 1. The molecule has 2 fully saturated rings. The van der Waals surface area contributed by atoms with E-state index in [1.54, 1.807) is 19.2 Å². The molecule has 1 aromatic carbocycles. The van der Waals surface area contributed by atoms with Crippen LogP contribution in [-0.4, -0.2) is 76.6 Å². The first kappa shape index (κ1) is 19.0. The van der Waals surface area contributed by atoms with Crippen molar-refractivity contribution in [3.63, 3.8) is 0 Å². The SMILES string of the molecule is Cc1cc(F)ccc1-n1cc(C(=O)N2CCN(CC3CCOCC3)CC2)nn1. The van der Waals surface area contributed by atoms with Crippen molar-refractivity contribution in [2.45, 2.75) is 19.8 Å². The van der Waals surface area contributed by atoms with E-state index in [4.69, 9.17) is 4.74 Å². The molecule has 0 radical (unpaired) electrons. The maximum Gasteiger partial charge on any atom is 0.276 e. The van der Waals surface area contributed by atoms with Crippen LogP contribution < -0.4 is 0 Å². The second-order valence-electron chi connectivity index (χ2n) is 7.63. The van der Waals surface area contributed by atoms with E-state index in [-0.39, 0.29) is 11.7 Å². The molecule has 28 heavy (non-hydrogen) atoms. The van der Waals surface area contributed by atoms with Crippen molar-refractivity contribution in [1.29, 1.82) is 0 Å². The van der Waals surface area contributed by atoms with Crippen LogP contribution in [0.3, 0.4) is 0 Å². The fraction of sp³-hybridized carbons (Fsp3) is 0.550. The third kappa shape index (κ3) is 4.23. The van der Waals surface area contributed by atoms with Crippen molar-refractivity contribution >= 4 is 5.91 Å². The largest absolute Gasteiger partial charge is 0.381 e. The standard InChI is InChI=1S/C20H26FN5O2/c1-15-12-17(21)2-3-19(15)26-14-18(22-23-26)20(27)25-8-6-24(7-9-25)13-16-4-10-28-11-5-16/h2-3,12,14,16H,4-11,13H2,1H3. The first-order chi connectivity index (χ1) is 13.6. The zero-order chi connectivity index (χ0) is 19.5. The summed E-state index contributed by atoms with van der Waals surface area (Å²) in [6, 6.07) is 4.46. The van der Waals surface area contributed by atoms with E-state index in [0.29, 0.717) is 30.4 Å². The summed E-state index contributed by atoms with van der Waals surface area (Å²) in [5, 5.41) is 8.10. The van der Waals surface area contributed by atoms with Gasteiger partial charge in [0.15, 0.2) is 5.69 Å². The lowest BCUT2D eigenvalue weighted by Gasteiger charge is -2.36. The van der Waals surface area contributed by atoms with Gasteiger partial charge in [0.25, 0.3) is 5.91 Å². The molecule has 1 aromatic heterocycles. The smallest absolute Gasteiger partial charge is 0.276 e. The molecule has 4 rings (SSSR count). The first-order valence-corrected chi connectivity index (χ1v) is 9.88. The molecule has 0 N–H and O–H groups in total. The number of aryl methyl sites for hydroxylation is 1. The highest BCUT2D eigenvalue weighted by atomic mass is 19.1. The van der Waals surface area contributed by atoms with E-state index in [9.17, 15) is 9.18 Å². The lowest BCUT2D eigenvalue weighted by Crippen LogP contribution is -2.50. The number of carbonyl (C=O) groups is 1. The van der Waals surface area contributed by atoms with Crippen LogP contribution in [0.4, 0.5) is 4.39 Å². The quantitative estimate of drug-likeness (QED) is 0.802. The summed E-state index contributed by atoms with van der Waals surface area (Å²) < 4.78 is 20.3. The minimum absolute atomic E-state index is 0.100. The number of piperazine rings is 1. The third-order valence-electron chi connectivity index (χ3n) is 5.63. The Morgan fingerprint density at radius 3 is 2.68 bits per heavy atom. The number of hydrogen-bond acceptors (Lipinski definition) is 5. The highest BCUT2D eigenvalue weighted by Gasteiger charge is 2.26. The minimum Gasteiger partial charge on any atom is -0.381 e. The maximum absolute atomic E-state index is 13.3. The average molecular weight is 387 g/mol. The molecular weight excluding hydrogens is 361 g/mol. The van der Waals surface area contributed by atoms with Crippen LogP contribution in [0, 0.1) is 18.7 Å². The van der Waals surface area contributed by atoms with Gasteiger partial charge in [0.05, 0.1) is 11.9 Å². The zero-order valence-electron chi connectivity index (χ0n) is 16.2. The minimum atomic E-state index is -0.295. The number of halogens is 1. The summed E-state index contributed by atoms with van der Waals surface area (Å²) in [7, 11) is 0. The maximum atomic E-state index is 13.3. The van der Waals surface area contributed by atoms with E-state index >= 15 is 0 Å². The fourth-order valence-electron chi connectivity index (χ4n) is 3.95. The van der Waals surface area contributed by atoms with Gasteiger partial charge in [-0.15, -0.1) is 5.10 Å². The fourth-order valence-corrected chi connectivity index (χ4v) is 3.95. The van der Waals surface area contributed by atoms with Gasteiger partial charge in [0, 0.05) is 45.9 Å². The van der Waals surface area contributed by atoms with Crippen molar-refractivity contribution in [3.8, 4) is 5.69 Å². The van der Waals surface area contributed by atoms with E-state index < -0.39 is 0 Å². The lowest BCUT2D eigenvalue weighted by molar-refractivity contribution is 0.0391. The summed E-state index contributed by atoms with van der Waals surface area (Å²) >= 11 is 0. The Balaban J connectivity index is 1.35. The molecule has 2 aliphatic rings. The second kappa shape index (κ2) is 8.36. The Hall–Kier alpha value is -2.32. The van der Waals surface area contributed by atoms with Gasteiger partial charge in [0.1, 0.15) is 5.82 Å². The normalized spacial score (nSPS) is 19.1. The zero-order valence-corrected chi connectivity index (χ0v) is 16.2. The summed E-state index contributed by atoms with van der Waals surface area (Å²) in [5.74, 6) is 0.308. The van der Waals surface area contributed by atoms with Gasteiger partial charge in [-0.25, -0.2) is 9.07 Å². The number of nitrogens with zero attached hydrogens (tertiary/aromatic N) is 5. The van der Waals surface area contributed by atoms with Gasteiger partial charge in [0.2, 0.25) is 0 Å². The Morgan fingerprint density at radius 1 is 1.21 bits per heavy atom. The molecule has 0 atom stereocenters. The van der Waals surface area contributed by atoms with Crippen molar-refractivity contribution in [3.05, 3.63) is 41.5 Å². The van der Waals surface area contributed by atoms with Gasteiger partial charge < -0.3 is 9.64 Å². The van der Waals surface area contributed by atoms with E-state index in [0.717, 1.165) is 51.3 Å². The number of ether oxygens (including phenoxy) is 1. The van der Waals surface area contributed by atoms with Crippen LogP contribution in [-0.2, 0) is 4.74 Å². The third-order valence-corrected chi connectivity index (χ3v) is 5.63. The van der Waals surface area contributed by atoms with E-state index in [1.165, 1.54) is 16.8 Å². The molecule has 3 heterocycles. The molecule has 0 spiro atoms. The lowest BCUT2D eigenvalue weighted by atomic mass is 9.99. The predicted molar refractivity (Wildman–Crippen MR) is 102 cm³/mol. The van der Waals surface area contributed by atoms with Crippen LogP contribution in [0.5, 0.6) is 0 Å². The topological polar surface area (TPSA) is 63.5 Å². The van der Waals surface area contributed by atoms with Gasteiger partial charge in [-0.05, 0) is 49.4 Å². The molecule has 0 saturated carbocycles. The number of amides is 1. The van der Waals surface area contributed by atoms with Gasteiger partial charge in [-0.2, -0.15) is 0 Å². The van der Waals surface area contributed by atoms with Crippen LogP contribution in [0.25, 0.3) is 5.69 Å². The van der Waals surface area contributed by atoms with Crippen LogP contribution in [0.15, 0.2) is 24.4 Å². The molecule has 1 amide bonds. The summed E-state index contributed by atoms with van der Waals surface area (Å²) in [6.07, 6.45) is 3.88. The molecule has 8 heteroatoms. The molecule has 2 aromatic rings. The van der Waals surface area contributed by atoms with E-state index in [2.05, 4.69) is 15.2 Å². The van der Waals surface area contributed by atoms with E-state index in [1.807, 2.05) is 4.90 Å². The number of hydrogen-bond donors (Lipinski definition) is 0. The van der Waals surface area contributed by atoms with Gasteiger partial charge in [-0.3, -0.25) is 9.69 Å². The molecule has 0 unspecified atom stereocenters. The summed E-state index contributed by atoms with van der Waals surface area (Å²) in [4.78, 5) is 17.1. The highest BCUT2D eigenvalue weighted by molar-refractivity contribution is 5.92. The number of rotatable bonds is 4. The molecule has 7 nitrogen and oxygen atoms in total. The van der Waals surface area contributed by atoms with Crippen molar-refractivity contribution < 1.29 is 13.9 Å². The van der Waals surface area contributed by atoms with Crippen molar-refractivity contribution in [2.24, 2.45) is 5.92 Å². The monoisotopic (exact) mass is 387 g/mol. The molecular formula is C20H26FN5O2. The highest BCUT2D eigenvalue weighted by Crippen LogP contribution is 2.18. The Labute approximate surface area is 164 Å². The second-order valence-corrected chi connectivity index (χ2v) is 7.63. The van der Waals surface area contributed by atoms with Gasteiger partial charge >= 0.3 is 0 Å². The molecule has 2 saturated heterocycles. The Bertz CT molecular complexity index is 826. The summed E-state index contributed by atoms with van der Waals surface area (Å²) in [5.41, 5.74) is 1.78. The first-order valence-electron chi connectivity index (χ1n) is 9.88. The molecule has 2 aliphatic heterocycles. The van der Waals surface area contributed by atoms with Crippen molar-refractivity contribution in [2.75, 3.05) is 45.9 Å². The molecule has 150 valence electrons. The van der Waals surface area contributed by atoms with Crippen LogP contribution >= 0.6 is 0 Å². The Morgan fingerprint density at radius 2 is 1.96 bits per heavy atom. The van der Waals surface area contributed by atoms with Crippen LogP contribution in [0.1, 0.15) is 28.9 Å². The predicted octanol–water partition coefficient (Wildman–Crippen LogP) is 1.90. The number of benzene rings is 1. The number of aromatic nitrogens is 3. The van der Waals surface area contributed by atoms with Crippen LogP contribution in [0.2, 0.25) is 0 Å². The molecule has 0 aliphatic carbocycles. The average Bonchev–Trinajstić information content (AvgIpc) is 3.19. The van der Waals surface area contributed by atoms with Gasteiger partial charge in [-0.1, -0.05) is 5.21 Å². The molecule has 0 bridgehead atoms.